The van der Waals surface area contributed by atoms with E-state index in [0.717, 1.165) is 25.5 Å². The Bertz CT molecular complexity index is 1330. The number of hydrogen-bond donors (Lipinski definition) is 1. The highest BCUT2D eigenvalue weighted by Gasteiger charge is 2.32. The zero-order valence-corrected chi connectivity index (χ0v) is 23.8. The fourth-order valence-electron chi connectivity index (χ4n) is 3.77. The largest absolute Gasteiger partial charge is 0.355 e. The first-order chi connectivity index (χ1) is 17.5. The van der Waals surface area contributed by atoms with Crippen LogP contribution in [0.1, 0.15) is 30.5 Å². The molecule has 3 aromatic carbocycles. The number of benzene rings is 3. The van der Waals surface area contributed by atoms with Crippen molar-refractivity contribution in [3.63, 3.8) is 0 Å². The van der Waals surface area contributed by atoms with Gasteiger partial charge in [-0.1, -0.05) is 63.5 Å². The number of likely N-dealkylation sites (N-methyl/N-ethyl adjacent to an activating group) is 1. The molecule has 3 aromatic rings. The van der Waals surface area contributed by atoms with Crippen molar-refractivity contribution in [2.24, 2.45) is 0 Å². The van der Waals surface area contributed by atoms with E-state index in [1.54, 1.807) is 50.2 Å². The monoisotopic (exact) mass is 585 g/mol. The molecule has 0 heterocycles. The number of rotatable bonds is 10. The van der Waals surface area contributed by atoms with Gasteiger partial charge in [-0.2, -0.15) is 0 Å². The van der Waals surface area contributed by atoms with E-state index < -0.39 is 28.5 Å². The molecule has 0 radical (unpaired) electrons. The summed E-state index contributed by atoms with van der Waals surface area (Å²) in [5.41, 5.74) is 3.07. The van der Waals surface area contributed by atoms with Crippen molar-refractivity contribution >= 4 is 43.5 Å². The number of halogens is 1. The van der Waals surface area contributed by atoms with Gasteiger partial charge in [0.15, 0.2) is 0 Å². The summed E-state index contributed by atoms with van der Waals surface area (Å²) in [6.07, 6.45) is 0. The second-order valence-corrected chi connectivity index (χ2v) is 11.7. The maximum Gasteiger partial charge on any atom is 0.264 e. The molecule has 0 aliphatic rings. The van der Waals surface area contributed by atoms with Crippen molar-refractivity contribution in [3.05, 3.63) is 94.0 Å². The van der Waals surface area contributed by atoms with Crippen LogP contribution in [-0.4, -0.2) is 44.3 Å². The lowest BCUT2D eigenvalue weighted by atomic mass is 10.1. The van der Waals surface area contributed by atoms with Crippen LogP contribution in [0.3, 0.4) is 0 Å². The standard InChI is InChI=1S/C28H32BrN3O4S/c1-5-30-28(34)22(4)31(18-23-10-12-24(29)13-11-23)27(33)19-32(25-14-6-20(2)7-15-25)37(35,36)26-16-8-21(3)9-17-26/h6-17,22H,5,18-19H2,1-4H3,(H,30,34)/t22-/m0/s1. The zero-order valence-electron chi connectivity index (χ0n) is 21.4. The number of nitrogens with one attached hydrogen (secondary N) is 1. The second kappa shape index (κ2) is 12.4. The van der Waals surface area contributed by atoms with Crippen molar-refractivity contribution in [2.45, 2.75) is 45.2 Å². The van der Waals surface area contributed by atoms with Crippen LogP contribution in [-0.2, 0) is 26.2 Å². The summed E-state index contributed by atoms with van der Waals surface area (Å²) in [5, 5.41) is 2.76. The highest BCUT2D eigenvalue weighted by Crippen LogP contribution is 2.25. The molecule has 9 heteroatoms. The topological polar surface area (TPSA) is 86.8 Å². The van der Waals surface area contributed by atoms with Gasteiger partial charge in [0.05, 0.1) is 10.6 Å². The van der Waals surface area contributed by atoms with Crippen LogP contribution in [0.5, 0.6) is 0 Å². The first-order valence-electron chi connectivity index (χ1n) is 12.0. The highest BCUT2D eigenvalue weighted by molar-refractivity contribution is 9.10. The van der Waals surface area contributed by atoms with Gasteiger partial charge < -0.3 is 10.2 Å². The van der Waals surface area contributed by atoms with E-state index in [1.807, 2.05) is 38.1 Å². The summed E-state index contributed by atoms with van der Waals surface area (Å²) in [6, 6.07) is 20.1. The average molecular weight is 587 g/mol. The molecule has 0 spiro atoms. The number of sulfonamides is 1. The van der Waals surface area contributed by atoms with E-state index in [0.29, 0.717) is 12.2 Å². The Kier molecular flexibility index (Phi) is 9.50. The molecule has 1 N–H and O–H groups in total. The molecule has 3 rings (SSSR count). The van der Waals surface area contributed by atoms with Gasteiger partial charge in [0.2, 0.25) is 11.8 Å². The SMILES string of the molecule is CCNC(=O)[C@H](C)N(Cc1ccc(Br)cc1)C(=O)CN(c1ccc(C)cc1)S(=O)(=O)c1ccc(C)cc1. The van der Waals surface area contributed by atoms with Crippen LogP contribution >= 0.6 is 15.9 Å². The summed E-state index contributed by atoms with van der Waals surface area (Å²) < 4.78 is 29.5. The van der Waals surface area contributed by atoms with Gasteiger partial charge in [0.25, 0.3) is 10.0 Å². The van der Waals surface area contributed by atoms with Crippen molar-refractivity contribution in [1.82, 2.24) is 10.2 Å². The van der Waals surface area contributed by atoms with Gasteiger partial charge >= 0.3 is 0 Å². The van der Waals surface area contributed by atoms with Gasteiger partial charge in [-0.15, -0.1) is 0 Å². The first-order valence-corrected chi connectivity index (χ1v) is 14.2. The molecule has 0 aliphatic carbocycles. The van der Waals surface area contributed by atoms with E-state index in [4.69, 9.17) is 0 Å². The molecule has 196 valence electrons. The molecular formula is C28H32BrN3O4S. The molecule has 0 unspecified atom stereocenters. The smallest absolute Gasteiger partial charge is 0.264 e. The van der Waals surface area contributed by atoms with E-state index in [1.165, 1.54) is 17.0 Å². The molecule has 1 atom stereocenters. The highest BCUT2D eigenvalue weighted by atomic mass is 79.9. The molecule has 0 saturated heterocycles. The molecule has 0 bridgehead atoms. The number of nitrogens with zero attached hydrogens (tertiary/aromatic N) is 2. The summed E-state index contributed by atoms with van der Waals surface area (Å²) >= 11 is 3.41. The minimum absolute atomic E-state index is 0.0858. The minimum Gasteiger partial charge on any atom is -0.355 e. The van der Waals surface area contributed by atoms with Crippen LogP contribution < -0.4 is 9.62 Å². The van der Waals surface area contributed by atoms with Crippen LogP contribution in [0.4, 0.5) is 5.69 Å². The third-order valence-corrected chi connectivity index (χ3v) is 8.31. The Balaban J connectivity index is 2.01. The Morgan fingerprint density at radius 1 is 0.892 bits per heavy atom. The van der Waals surface area contributed by atoms with Crippen molar-refractivity contribution < 1.29 is 18.0 Å². The molecule has 7 nitrogen and oxygen atoms in total. The van der Waals surface area contributed by atoms with E-state index in [2.05, 4.69) is 21.2 Å². The van der Waals surface area contributed by atoms with Gasteiger partial charge in [-0.3, -0.25) is 13.9 Å². The fraction of sp³-hybridized carbons (Fsp3) is 0.286. The van der Waals surface area contributed by atoms with Crippen LogP contribution in [0.2, 0.25) is 0 Å². The van der Waals surface area contributed by atoms with Gasteiger partial charge in [0.1, 0.15) is 12.6 Å². The molecule has 0 fully saturated rings. The predicted octanol–water partition coefficient (Wildman–Crippen LogP) is 4.81. The van der Waals surface area contributed by atoms with Crippen molar-refractivity contribution in [2.75, 3.05) is 17.4 Å². The van der Waals surface area contributed by atoms with Gasteiger partial charge in [0, 0.05) is 17.6 Å². The lowest BCUT2D eigenvalue weighted by Gasteiger charge is -2.32. The summed E-state index contributed by atoms with van der Waals surface area (Å²) in [5.74, 6) is -0.797. The summed E-state index contributed by atoms with van der Waals surface area (Å²) in [4.78, 5) is 28.0. The third kappa shape index (κ3) is 7.20. The molecule has 2 amide bonds. The van der Waals surface area contributed by atoms with Crippen LogP contribution in [0, 0.1) is 13.8 Å². The van der Waals surface area contributed by atoms with Crippen LogP contribution in [0.25, 0.3) is 0 Å². The number of amides is 2. The lowest BCUT2D eigenvalue weighted by Crippen LogP contribution is -2.51. The third-order valence-electron chi connectivity index (χ3n) is 5.99. The van der Waals surface area contributed by atoms with Crippen molar-refractivity contribution in [3.8, 4) is 0 Å². The molecule has 0 saturated carbocycles. The molecular weight excluding hydrogens is 554 g/mol. The quantitative estimate of drug-likeness (QED) is 0.370. The second-order valence-electron chi connectivity index (χ2n) is 8.88. The number of hydrogen-bond acceptors (Lipinski definition) is 4. The summed E-state index contributed by atoms with van der Waals surface area (Å²) in [7, 11) is -4.07. The molecule has 0 aliphatic heterocycles. The summed E-state index contributed by atoms with van der Waals surface area (Å²) in [6.45, 7) is 7.34. The Morgan fingerprint density at radius 3 is 1.97 bits per heavy atom. The minimum atomic E-state index is -4.07. The number of anilines is 1. The average Bonchev–Trinajstić information content (AvgIpc) is 2.87. The molecule has 0 aromatic heterocycles. The first kappa shape index (κ1) is 28.4. The fourth-order valence-corrected chi connectivity index (χ4v) is 5.45. The maximum absolute atomic E-state index is 13.8. The normalized spacial score (nSPS) is 12.0. The zero-order chi connectivity index (χ0) is 27.2. The number of carbonyl (C=O) groups is 2. The van der Waals surface area contributed by atoms with Gasteiger partial charge in [-0.05, 0) is 69.7 Å². The van der Waals surface area contributed by atoms with Gasteiger partial charge in [-0.25, -0.2) is 8.42 Å². The van der Waals surface area contributed by atoms with E-state index in [9.17, 15) is 18.0 Å². The van der Waals surface area contributed by atoms with Crippen LogP contribution in [0.15, 0.2) is 82.2 Å². The predicted molar refractivity (Wildman–Crippen MR) is 150 cm³/mol. The Hall–Kier alpha value is -3.17. The molecule has 37 heavy (non-hydrogen) atoms. The Morgan fingerprint density at radius 2 is 1.43 bits per heavy atom. The lowest BCUT2D eigenvalue weighted by molar-refractivity contribution is -0.139. The van der Waals surface area contributed by atoms with Crippen molar-refractivity contribution in [1.29, 1.82) is 0 Å². The Labute approximate surface area is 227 Å². The van der Waals surface area contributed by atoms with E-state index in [-0.39, 0.29) is 17.3 Å². The number of aryl methyl sites for hydroxylation is 2. The van der Waals surface area contributed by atoms with E-state index >= 15 is 0 Å². The maximum atomic E-state index is 13.8. The number of carbonyl (C=O) groups excluding carboxylic acids is 2.